The molecule has 0 aliphatic heterocycles. The molecule has 0 atom stereocenters. The molecular formula is C14H16N2O3S. The maximum atomic E-state index is 12.1. The lowest BCUT2D eigenvalue weighted by atomic mass is 10.2. The summed E-state index contributed by atoms with van der Waals surface area (Å²) in [7, 11) is -3.52. The smallest absolute Gasteiger partial charge is 0.240 e. The molecular weight excluding hydrogens is 276 g/mol. The van der Waals surface area contributed by atoms with Crippen LogP contribution in [-0.2, 0) is 23.0 Å². The van der Waals surface area contributed by atoms with Gasteiger partial charge >= 0.3 is 0 Å². The Kier molecular flexibility index (Phi) is 4.84. The SMILES string of the molecule is O=S(=O)(NCc1ccncc1)c1ccc(CCO)cc1. The molecule has 106 valence electrons. The van der Waals surface area contributed by atoms with Gasteiger partial charge in [0.05, 0.1) is 4.90 Å². The predicted octanol–water partition coefficient (Wildman–Crippen LogP) is 1.09. The zero-order chi connectivity index (χ0) is 14.4. The number of aliphatic hydroxyl groups is 1. The molecule has 1 aromatic carbocycles. The number of aliphatic hydroxyl groups excluding tert-OH is 1. The van der Waals surface area contributed by atoms with Crippen molar-refractivity contribution in [2.24, 2.45) is 0 Å². The van der Waals surface area contributed by atoms with Crippen molar-refractivity contribution >= 4 is 10.0 Å². The Hall–Kier alpha value is -1.76. The molecule has 5 nitrogen and oxygen atoms in total. The highest BCUT2D eigenvalue weighted by Crippen LogP contribution is 2.11. The summed E-state index contributed by atoms with van der Waals surface area (Å²) in [6.45, 7) is 0.273. The van der Waals surface area contributed by atoms with E-state index in [2.05, 4.69) is 9.71 Å². The summed E-state index contributed by atoms with van der Waals surface area (Å²) in [5.41, 5.74) is 1.75. The van der Waals surface area contributed by atoms with Gasteiger partial charge < -0.3 is 5.11 Å². The lowest BCUT2D eigenvalue weighted by Crippen LogP contribution is -2.23. The van der Waals surface area contributed by atoms with Crippen LogP contribution in [0, 0.1) is 0 Å². The van der Waals surface area contributed by atoms with E-state index in [4.69, 9.17) is 5.11 Å². The lowest BCUT2D eigenvalue weighted by molar-refractivity contribution is 0.299. The van der Waals surface area contributed by atoms with Gasteiger partial charge in [-0.25, -0.2) is 13.1 Å². The standard InChI is InChI=1S/C14H16N2O3S/c17-10-7-12-1-3-14(4-2-12)20(18,19)16-11-13-5-8-15-9-6-13/h1-6,8-9,16-17H,7,10-11H2. The van der Waals surface area contributed by atoms with Crippen LogP contribution in [0.1, 0.15) is 11.1 Å². The molecule has 0 fully saturated rings. The number of rotatable bonds is 6. The Bertz CT molecular complexity index is 640. The molecule has 0 bridgehead atoms. The molecule has 1 aromatic heterocycles. The van der Waals surface area contributed by atoms with Gasteiger partial charge in [0.1, 0.15) is 0 Å². The van der Waals surface area contributed by atoms with E-state index >= 15 is 0 Å². The molecule has 0 saturated heterocycles. The fourth-order valence-electron chi connectivity index (χ4n) is 1.73. The van der Waals surface area contributed by atoms with Crippen LogP contribution >= 0.6 is 0 Å². The normalized spacial score (nSPS) is 11.4. The van der Waals surface area contributed by atoms with Crippen molar-refractivity contribution in [2.75, 3.05) is 6.61 Å². The van der Waals surface area contributed by atoms with Crippen molar-refractivity contribution in [2.45, 2.75) is 17.9 Å². The zero-order valence-electron chi connectivity index (χ0n) is 10.9. The molecule has 2 rings (SSSR count). The van der Waals surface area contributed by atoms with Crippen LogP contribution in [0.15, 0.2) is 53.7 Å². The van der Waals surface area contributed by atoms with Crippen LogP contribution < -0.4 is 4.72 Å². The van der Waals surface area contributed by atoms with Crippen molar-refractivity contribution in [3.8, 4) is 0 Å². The highest BCUT2D eigenvalue weighted by molar-refractivity contribution is 7.89. The molecule has 20 heavy (non-hydrogen) atoms. The van der Waals surface area contributed by atoms with Gasteiger partial charge in [-0.15, -0.1) is 0 Å². The first-order valence-corrected chi connectivity index (χ1v) is 7.68. The van der Waals surface area contributed by atoms with Crippen LogP contribution in [0.2, 0.25) is 0 Å². The Morgan fingerprint density at radius 3 is 2.25 bits per heavy atom. The van der Waals surface area contributed by atoms with E-state index in [0.717, 1.165) is 11.1 Å². The molecule has 6 heteroatoms. The fourth-order valence-corrected chi connectivity index (χ4v) is 2.74. The first kappa shape index (κ1) is 14.6. The topological polar surface area (TPSA) is 79.3 Å². The third-order valence-corrected chi connectivity index (χ3v) is 4.27. The van der Waals surface area contributed by atoms with E-state index in [1.54, 1.807) is 48.8 Å². The Morgan fingerprint density at radius 1 is 1.00 bits per heavy atom. The van der Waals surface area contributed by atoms with E-state index in [0.29, 0.717) is 6.42 Å². The second-order valence-electron chi connectivity index (χ2n) is 4.30. The molecule has 0 aliphatic rings. The zero-order valence-corrected chi connectivity index (χ0v) is 11.7. The van der Waals surface area contributed by atoms with E-state index in [-0.39, 0.29) is 18.0 Å². The third kappa shape index (κ3) is 3.86. The minimum Gasteiger partial charge on any atom is -0.396 e. The summed E-state index contributed by atoms with van der Waals surface area (Å²) in [5.74, 6) is 0. The molecule has 0 aliphatic carbocycles. The summed E-state index contributed by atoms with van der Waals surface area (Å²) >= 11 is 0. The maximum Gasteiger partial charge on any atom is 0.240 e. The van der Waals surface area contributed by atoms with E-state index < -0.39 is 10.0 Å². The summed E-state index contributed by atoms with van der Waals surface area (Å²) in [6, 6.07) is 10.0. The highest BCUT2D eigenvalue weighted by atomic mass is 32.2. The summed E-state index contributed by atoms with van der Waals surface area (Å²) in [5, 5.41) is 8.82. The van der Waals surface area contributed by atoms with Gasteiger partial charge in [0, 0.05) is 25.5 Å². The highest BCUT2D eigenvalue weighted by Gasteiger charge is 2.13. The van der Waals surface area contributed by atoms with Crippen LogP contribution in [0.25, 0.3) is 0 Å². The first-order valence-electron chi connectivity index (χ1n) is 6.20. The minimum atomic E-state index is -3.52. The van der Waals surface area contributed by atoms with Gasteiger partial charge in [-0.1, -0.05) is 12.1 Å². The van der Waals surface area contributed by atoms with Gasteiger partial charge in [0.2, 0.25) is 10.0 Å². The number of nitrogens with one attached hydrogen (secondary N) is 1. The van der Waals surface area contributed by atoms with Crippen molar-refractivity contribution in [3.05, 3.63) is 59.9 Å². The van der Waals surface area contributed by atoms with Crippen LogP contribution in [-0.4, -0.2) is 25.1 Å². The molecule has 2 aromatic rings. The van der Waals surface area contributed by atoms with Crippen molar-refractivity contribution < 1.29 is 13.5 Å². The molecule has 0 saturated carbocycles. The fraction of sp³-hybridized carbons (Fsp3) is 0.214. The number of aromatic nitrogens is 1. The van der Waals surface area contributed by atoms with Crippen LogP contribution in [0.5, 0.6) is 0 Å². The number of pyridine rings is 1. The number of benzene rings is 1. The Labute approximate surface area is 118 Å². The first-order chi connectivity index (χ1) is 9.62. The second-order valence-corrected chi connectivity index (χ2v) is 6.06. The quantitative estimate of drug-likeness (QED) is 0.835. The maximum absolute atomic E-state index is 12.1. The number of hydrogen-bond donors (Lipinski definition) is 2. The van der Waals surface area contributed by atoms with E-state index in [9.17, 15) is 8.42 Å². The van der Waals surface area contributed by atoms with E-state index in [1.807, 2.05) is 0 Å². The van der Waals surface area contributed by atoms with E-state index in [1.165, 1.54) is 0 Å². The average molecular weight is 292 g/mol. The monoisotopic (exact) mass is 292 g/mol. The predicted molar refractivity (Wildman–Crippen MR) is 75.5 cm³/mol. The molecule has 1 heterocycles. The van der Waals surface area contributed by atoms with Crippen molar-refractivity contribution in [3.63, 3.8) is 0 Å². The van der Waals surface area contributed by atoms with Crippen molar-refractivity contribution in [1.82, 2.24) is 9.71 Å². The summed E-state index contributed by atoms with van der Waals surface area (Å²) < 4.78 is 26.7. The molecule has 0 radical (unpaired) electrons. The van der Waals surface area contributed by atoms with Gasteiger partial charge in [0.15, 0.2) is 0 Å². The minimum absolute atomic E-state index is 0.0480. The number of nitrogens with zero attached hydrogens (tertiary/aromatic N) is 1. The number of sulfonamides is 1. The largest absolute Gasteiger partial charge is 0.396 e. The Morgan fingerprint density at radius 2 is 1.65 bits per heavy atom. The lowest BCUT2D eigenvalue weighted by Gasteiger charge is -2.07. The second kappa shape index (κ2) is 6.60. The number of hydrogen-bond acceptors (Lipinski definition) is 4. The third-order valence-electron chi connectivity index (χ3n) is 2.85. The van der Waals surface area contributed by atoms with Crippen LogP contribution in [0.4, 0.5) is 0 Å². The average Bonchev–Trinajstić information content (AvgIpc) is 2.47. The molecule has 2 N–H and O–H groups in total. The van der Waals surface area contributed by atoms with Gasteiger partial charge in [-0.3, -0.25) is 4.98 Å². The van der Waals surface area contributed by atoms with Crippen molar-refractivity contribution in [1.29, 1.82) is 0 Å². The summed E-state index contributed by atoms with van der Waals surface area (Å²) in [6.07, 6.45) is 3.76. The summed E-state index contributed by atoms with van der Waals surface area (Å²) in [4.78, 5) is 4.09. The van der Waals surface area contributed by atoms with Gasteiger partial charge in [-0.05, 0) is 41.8 Å². The van der Waals surface area contributed by atoms with Crippen LogP contribution in [0.3, 0.4) is 0 Å². The Balaban J connectivity index is 2.06. The molecule has 0 amide bonds. The molecule has 0 unspecified atom stereocenters. The van der Waals surface area contributed by atoms with Gasteiger partial charge in [0.25, 0.3) is 0 Å². The van der Waals surface area contributed by atoms with Gasteiger partial charge in [-0.2, -0.15) is 0 Å². The molecule has 0 spiro atoms.